The standard InChI is InChI=1S/C6H5FNO2S/c7-11(9,10)8-6-4-2-1-3-5-6/h2-5,8H. The van der Waals surface area contributed by atoms with Crippen LogP contribution in [0, 0.1) is 6.07 Å². The molecule has 11 heavy (non-hydrogen) atoms. The van der Waals surface area contributed by atoms with Gasteiger partial charge in [0, 0.05) is 0 Å². The molecular formula is C6H5FNO2S. The molecule has 0 heterocycles. The van der Waals surface area contributed by atoms with Crippen molar-refractivity contribution in [3.63, 3.8) is 0 Å². The Morgan fingerprint density at radius 2 is 1.91 bits per heavy atom. The van der Waals surface area contributed by atoms with E-state index in [2.05, 4.69) is 6.07 Å². The number of hydrogen-bond donors (Lipinski definition) is 1. The molecule has 5 heteroatoms. The third-order valence-corrected chi connectivity index (χ3v) is 1.44. The van der Waals surface area contributed by atoms with Crippen LogP contribution in [0.25, 0.3) is 0 Å². The van der Waals surface area contributed by atoms with Gasteiger partial charge in [-0.15, -0.1) is 0 Å². The Hall–Kier alpha value is -1.10. The maximum absolute atomic E-state index is 11.9. The van der Waals surface area contributed by atoms with Crippen LogP contribution in [-0.4, -0.2) is 8.42 Å². The molecule has 0 amide bonds. The maximum atomic E-state index is 11.9. The summed E-state index contributed by atoms with van der Waals surface area (Å²) in [5, 5.41) is 0. The summed E-state index contributed by atoms with van der Waals surface area (Å²) in [5.41, 5.74) is 0.186. The van der Waals surface area contributed by atoms with Gasteiger partial charge in [-0.05, 0) is 18.2 Å². The van der Waals surface area contributed by atoms with Gasteiger partial charge in [0.05, 0.1) is 5.69 Å². The first-order valence-corrected chi connectivity index (χ1v) is 4.15. The smallest absolute Gasteiger partial charge is 0.257 e. The number of nitrogens with one attached hydrogen (secondary N) is 1. The summed E-state index contributed by atoms with van der Waals surface area (Å²) in [6.07, 6.45) is 0. The second-order valence-corrected chi connectivity index (χ2v) is 2.91. The summed E-state index contributed by atoms with van der Waals surface area (Å²) in [6, 6.07) is 8.42. The summed E-state index contributed by atoms with van der Waals surface area (Å²) in [7, 11) is -4.64. The Labute approximate surface area is 64.2 Å². The first kappa shape index (κ1) is 8.00. The normalized spacial score (nSPS) is 11.0. The molecule has 1 radical (unpaired) electrons. The Balaban J connectivity index is 2.82. The van der Waals surface area contributed by atoms with E-state index in [1.54, 1.807) is 4.72 Å². The first-order chi connectivity index (χ1) is 5.08. The first-order valence-electron chi connectivity index (χ1n) is 2.76. The van der Waals surface area contributed by atoms with Crippen molar-refractivity contribution < 1.29 is 12.3 Å². The van der Waals surface area contributed by atoms with Crippen molar-refractivity contribution in [2.24, 2.45) is 0 Å². The molecule has 0 unspecified atom stereocenters. The van der Waals surface area contributed by atoms with E-state index in [9.17, 15) is 12.3 Å². The van der Waals surface area contributed by atoms with Gasteiger partial charge in [-0.2, -0.15) is 8.42 Å². The van der Waals surface area contributed by atoms with E-state index in [1.807, 2.05) is 0 Å². The highest BCUT2D eigenvalue weighted by Gasteiger charge is 2.03. The lowest BCUT2D eigenvalue weighted by molar-refractivity contribution is 0.558. The largest absolute Gasteiger partial charge is 0.396 e. The van der Waals surface area contributed by atoms with Crippen LogP contribution in [0.1, 0.15) is 0 Å². The van der Waals surface area contributed by atoms with Gasteiger partial charge in [-0.1, -0.05) is 16.0 Å². The fourth-order valence-electron chi connectivity index (χ4n) is 0.596. The minimum absolute atomic E-state index is 0.186. The summed E-state index contributed by atoms with van der Waals surface area (Å²) < 4.78 is 33.6. The van der Waals surface area contributed by atoms with Crippen molar-refractivity contribution in [3.05, 3.63) is 30.3 Å². The zero-order chi connectivity index (χ0) is 8.32. The van der Waals surface area contributed by atoms with Crippen LogP contribution in [0.2, 0.25) is 0 Å². The van der Waals surface area contributed by atoms with Crippen molar-refractivity contribution >= 4 is 16.1 Å². The quantitative estimate of drug-likeness (QED) is 0.683. The van der Waals surface area contributed by atoms with Crippen molar-refractivity contribution in [1.82, 2.24) is 0 Å². The predicted octanol–water partition coefficient (Wildman–Crippen LogP) is 1.11. The van der Waals surface area contributed by atoms with Crippen LogP contribution in [0.15, 0.2) is 24.3 Å². The van der Waals surface area contributed by atoms with E-state index in [-0.39, 0.29) is 5.69 Å². The molecule has 0 atom stereocenters. The SMILES string of the molecule is O=S(=O)(F)Nc1cc[c]cc1. The van der Waals surface area contributed by atoms with Crippen LogP contribution in [0.3, 0.4) is 0 Å². The monoisotopic (exact) mass is 174 g/mol. The summed E-state index contributed by atoms with van der Waals surface area (Å²) in [6.45, 7) is 0. The van der Waals surface area contributed by atoms with Crippen LogP contribution < -0.4 is 4.72 Å². The third-order valence-electron chi connectivity index (χ3n) is 0.958. The number of anilines is 1. The fourth-order valence-corrected chi connectivity index (χ4v) is 1.01. The average molecular weight is 174 g/mol. The van der Waals surface area contributed by atoms with Gasteiger partial charge in [-0.3, -0.25) is 4.72 Å². The van der Waals surface area contributed by atoms with Crippen LogP contribution in [0.4, 0.5) is 9.57 Å². The molecule has 1 aromatic carbocycles. The van der Waals surface area contributed by atoms with E-state index in [0.29, 0.717) is 0 Å². The number of halogens is 1. The van der Waals surface area contributed by atoms with Crippen molar-refractivity contribution in [2.75, 3.05) is 4.72 Å². The summed E-state index contributed by atoms with van der Waals surface area (Å²) in [5.74, 6) is 0. The third kappa shape index (κ3) is 2.99. The van der Waals surface area contributed by atoms with Crippen molar-refractivity contribution in [3.8, 4) is 0 Å². The lowest BCUT2D eigenvalue weighted by Crippen LogP contribution is -2.04. The Bertz CT molecular complexity index is 322. The van der Waals surface area contributed by atoms with Gasteiger partial charge in [0.1, 0.15) is 0 Å². The minimum atomic E-state index is -4.64. The molecule has 1 rings (SSSR count). The van der Waals surface area contributed by atoms with Gasteiger partial charge < -0.3 is 0 Å². The maximum Gasteiger partial charge on any atom is 0.396 e. The van der Waals surface area contributed by atoms with E-state index in [1.165, 1.54) is 24.3 Å². The highest BCUT2D eigenvalue weighted by molar-refractivity contribution is 7.87. The zero-order valence-electron chi connectivity index (χ0n) is 5.41. The highest BCUT2D eigenvalue weighted by Crippen LogP contribution is 2.07. The molecule has 0 aliphatic carbocycles. The number of rotatable bonds is 2. The van der Waals surface area contributed by atoms with Gasteiger partial charge in [0.2, 0.25) is 0 Å². The van der Waals surface area contributed by atoms with Gasteiger partial charge >= 0.3 is 10.4 Å². The molecule has 3 nitrogen and oxygen atoms in total. The van der Waals surface area contributed by atoms with E-state index in [4.69, 9.17) is 0 Å². The molecule has 1 aromatic rings. The lowest BCUT2D eigenvalue weighted by Gasteiger charge is -1.97. The van der Waals surface area contributed by atoms with E-state index in [0.717, 1.165) is 0 Å². The molecule has 0 spiro atoms. The second kappa shape index (κ2) is 2.87. The van der Waals surface area contributed by atoms with Crippen LogP contribution in [-0.2, 0) is 10.4 Å². The molecule has 1 N–H and O–H groups in total. The summed E-state index contributed by atoms with van der Waals surface area (Å²) >= 11 is 0. The number of benzene rings is 1. The molecule has 0 aliphatic heterocycles. The molecule has 0 aromatic heterocycles. The molecule has 0 aliphatic rings. The molecule has 59 valence electrons. The fraction of sp³-hybridized carbons (Fsp3) is 0. The van der Waals surface area contributed by atoms with Crippen molar-refractivity contribution in [2.45, 2.75) is 0 Å². The van der Waals surface area contributed by atoms with Gasteiger partial charge in [-0.25, -0.2) is 0 Å². The molecule has 0 saturated carbocycles. The Morgan fingerprint density at radius 3 is 2.36 bits per heavy atom. The van der Waals surface area contributed by atoms with E-state index >= 15 is 0 Å². The molecule has 0 bridgehead atoms. The average Bonchev–Trinajstić information content (AvgIpc) is 1.85. The Kier molecular flexibility index (Phi) is 2.09. The molecule has 0 saturated heterocycles. The number of hydrogen-bond acceptors (Lipinski definition) is 2. The van der Waals surface area contributed by atoms with Crippen LogP contribution in [0.5, 0.6) is 0 Å². The van der Waals surface area contributed by atoms with Gasteiger partial charge in [0.25, 0.3) is 0 Å². The highest BCUT2D eigenvalue weighted by atomic mass is 32.3. The second-order valence-electron chi connectivity index (χ2n) is 1.83. The summed E-state index contributed by atoms with van der Waals surface area (Å²) in [4.78, 5) is 0. The zero-order valence-corrected chi connectivity index (χ0v) is 6.23. The molecule has 0 fully saturated rings. The Morgan fingerprint density at radius 1 is 1.36 bits per heavy atom. The van der Waals surface area contributed by atoms with Gasteiger partial charge in [0.15, 0.2) is 0 Å². The van der Waals surface area contributed by atoms with E-state index < -0.39 is 10.4 Å². The predicted molar refractivity (Wildman–Crippen MR) is 38.9 cm³/mol. The van der Waals surface area contributed by atoms with Crippen molar-refractivity contribution in [1.29, 1.82) is 0 Å². The van der Waals surface area contributed by atoms with Crippen LogP contribution >= 0.6 is 0 Å². The lowest BCUT2D eigenvalue weighted by atomic mass is 10.3. The topological polar surface area (TPSA) is 46.2 Å². The minimum Gasteiger partial charge on any atom is -0.257 e. The molecular weight excluding hydrogens is 169 g/mol.